The second-order valence-electron chi connectivity index (χ2n) is 6.65. The van der Waals surface area contributed by atoms with Gasteiger partial charge in [0.05, 0.1) is 11.3 Å². The molecule has 1 aromatic rings. The predicted octanol–water partition coefficient (Wildman–Crippen LogP) is 2.12. The predicted molar refractivity (Wildman–Crippen MR) is 98.7 cm³/mol. The Bertz CT molecular complexity index is 569. The molecule has 138 valence electrons. The molecule has 0 saturated carbocycles. The normalized spacial score (nSPS) is 15.8. The van der Waals surface area contributed by atoms with E-state index in [-0.39, 0.29) is 11.8 Å². The van der Waals surface area contributed by atoms with Crippen LogP contribution in [0.5, 0.6) is 0 Å². The molecule has 0 atom stereocenters. The Morgan fingerprint density at radius 3 is 2.68 bits per heavy atom. The monoisotopic (exact) mass is 347 g/mol. The molecule has 6 nitrogen and oxygen atoms in total. The summed E-state index contributed by atoms with van der Waals surface area (Å²) in [6, 6.07) is 7.14. The Balaban J connectivity index is 1.88. The molecule has 0 spiro atoms. The zero-order valence-electron chi connectivity index (χ0n) is 15.2. The summed E-state index contributed by atoms with van der Waals surface area (Å²) in [7, 11) is 3.74. The summed E-state index contributed by atoms with van der Waals surface area (Å²) < 4.78 is 4.97. The van der Waals surface area contributed by atoms with Gasteiger partial charge in [0.2, 0.25) is 5.91 Å². The van der Waals surface area contributed by atoms with E-state index >= 15 is 0 Å². The summed E-state index contributed by atoms with van der Waals surface area (Å²) >= 11 is 0. The van der Waals surface area contributed by atoms with Crippen LogP contribution in [0.4, 0.5) is 5.69 Å². The molecule has 0 aromatic heterocycles. The third kappa shape index (κ3) is 6.48. The number of nitrogens with zero attached hydrogens (tertiary/aromatic N) is 1. The average molecular weight is 347 g/mol. The Morgan fingerprint density at radius 2 is 1.96 bits per heavy atom. The van der Waals surface area contributed by atoms with Crippen LogP contribution in [0.25, 0.3) is 0 Å². The number of rotatable bonds is 8. The van der Waals surface area contributed by atoms with E-state index in [9.17, 15) is 9.59 Å². The van der Waals surface area contributed by atoms with Crippen molar-refractivity contribution in [2.45, 2.75) is 25.7 Å². The topological polar surface area (TPSA) is 70.7 Å². The third-order valence-electron chi connectivity index (χ3n) is 4.57. The first-order valence-electron chi connectivity index (χ1n) is 8.94. The second-order valence-corrected chi connectivity index (χ2v) is 6.65. The van der Waals surface area contributed by atoms with E-state index in [1.54, 1.807) is 25.3 Å². The van der Waals surface area contributed by atoms with Crippen molar-refractivity contribution in [1.82, 2.24) is 10.2 Å². The maximum Gasteiger partial charge on any atom is 0.253 e. The van der Waals surface area contributed by atoms with Crippen LogP contribution in [0, 0.1) is 5.92 Å². The fourth-order valence-corrected chi connectivity index (χ4v) is 3.03. The Labute approximate surface area is 149 Å². The van der Waals surface area contributed by atoms with Crippen LogP contribution in [0.15, 0.2) is 24.3 Å². The number of hydrogen-bond acceptors (Lipinski definition) is 4. The number of amides is 2. The minimum Gasteiger partial charge on any atom is -0.385 e. The molecule has 1 aliphatic rings. The largest absolute Gasteiger partial charge is 0.385 e. The van der Waals surface area contributed by atoms with Gasteiger partial charge in [-0.2, -0.15) is 0 Å². The lowest BCUT2D eigenvalue weighted by atomic mass is 9.93. The number of nitrogens with one attached hydrogen (secondary N) is 2. The number of hydrogen-bond donors (Lipinski definition) is 2. The molecule has 1 heterocycles. The van der Waals surface area contributed by atoms with Crippen LogP contribution in [0.1, 0.15) is 36.0 Å². The van der Waals surface area contributed by atoms with Crippen molar-refractivity contribution in [1.29, 1.82) is 0 Å². The highest BCUT2D eigenvalue weighted by atomic mass is 16.5. The molecule has 2 N–H and O–H groups in total. The lowest BCUT2D eigenvalue weighted by Crippen LogP contribution is -2.32. The Morgan fingerprint density at radius 1 is 1.24 bits per heavy atom. The van der Waals surface area contributed by atoms with E-state index in [2.05, 4.69) is 22.6 Å². The molecule has 1 aromatic carbocycles. The second kappa shape index (κ2) is 10.2. The van der Waals surface area contributed by atoms with Crippen LogP contribution >= 0.6 is 0 Å². The lowest BCUT2D eigenvalue weighted by molar-refractivity contribution is -0.117. The molecule has 0 unspecified atom stereocenters. The van der Waals surface area contributed by atoms with Crippen molar-refractivity contribution >= 4 is 17.5 Å². The van der Waals surface area contributed by atoms with Gasteiger partial charge in [-0.3, -0.25) is 9.59 Å². The number of benzene rings is 1. The van der Waals surface area contributed by atoms with E-state index < -0.39 is 0 Å². The van der Waals surface area contributed by atoms with Crippen molar-refractivity contribution in [3.05, 3.63) is 29.8 Å². The van der Waals surface area contributed by atoms with Crippen LogP contribution in [-0.2, 0) is 9.53 Å². The quantitative estimate of drug-likeness (QED) is 0.707. The summed E-state index contributed by atoms with van der Waals surface area (Å²) in [6.45, 7) is 3.23. The van der Waals surface area contributed by atoms with E-state index in [1.807, 2.05) is 6.07 Å². The van der Waals surface area contributed by atoms with E-state index in [1.165, 1.54) is 0 Å². The van der Waals surface area contributed by atoms with Gasteiger partial charge in [-0.15, -0.1) is 0 Å². The molecule has 25 heavy (non-hydrogen) atoms. The first-order chi connectivity index (χ1) is 12.1. The molecule has 1 saturated heterocycles. The molecule has 0 radical (unpaired) electrons. The van der Waals surface area contributed by atoms with Crippen molar-refractivity contribution in [2.75, 3.05) is 45.7 Å². The Hall–Kier alpha value is -1.92. The fourth-order valence-electron chi connectivity index (χ4n) is 3.03. The standard InChI is InChI=1S/C19H29N3O3/c1-22-11-8-15(9-12-22)14-18(23)21-17-7-4-3-6-16(17)19(24)20-10-5-13-25-2/h3-4,6-7,15H,5,8-14H2,1-2H3,(H,20,24)(H,21,23). The van der Waals surface area contributed by atoms with Crippen LogP contribution in [0.2, 0.25) is 0 Å². The number of methoxy groups -OCH3 is 1. The fraction of sp³-hybridized carbons (Fsp3) is 0.579. The summed E-state index contributed by atoms with van der Waals surface area (Å²) in [5.41, 5.74) is 1.07. The number of ether oxygens (including phenoxy) is 1. The first-order valence-corrected chi connectivity index (χ1v) is 8.94. The van der Waals surface area contributed by atoms with E-state index in [0.717, 1.165) is 32.4 Å². The average Bonchev–Trinajstić information content (AvgIpc) is 2.61. The number of anilines is 1. The number of likely N-dealkylation sites (tertiary alicyclic amines) is 1. The van der Waals surface area contributed by atoms with Gasteiger partial charge in [-0.25, -0.2) is 0 Å². The summed E-state index contributed by atoms with van der Waals surface area (Å²) in [5.74, 6) is 0.228. The zero-order valence-corrected chi connectivity index (χ0v) is 15.2. The highest BCUT2D eigenvalue weighted by Crippen LogP contribution is 2.21. The van der Waals surface area contributed by atoms with Gasteiger partial charge in [-0.1, -0.05) is 12.1 Å². The molecular weight excluding hydrogens is 318 g/mol. The number of para-hydroxylation sites is 1. The van der Waals surface area contributed by atoms with Crippen LogP contribution in [0.3, 0.4) is 0 Å². The number of piperidine rings is 1. The minimum absolute atomic E-state index is 0.0193. The maximum atomic E-state index is 12.4. The molecule has 2 rings (SSSR count). The molecular formula is C19H29N3O3. The highest BCUT2D eigenvalue weighted by Gasteiger charge is 2.20. The molecule has 0 aliphatic carbocycles. The van der Waals surface area contributed by atoms with Gasteiger partial charge < -0.3 is 20.3 Å². The van der Waals surface area contributed by atoms with Crippen LogP contribution < -0.4 is 10.6 Å². The van der Waals surface area contributed by atoms with E-state index in [4.69, 9.17) is 4.74 Å². The van der Waals surface area contributed by atoms with Gasteiger partial charge in [0, 0.05) is 26.7 Å². The van der Waals surface area contributed by atoms with Crippen molar-refractivity contribution in [2.24, 2.45) is 5.92 Å². The van der Waals surface area contributed by atoms with Gasteiger partial charge >= 0.3 is 0 Å². The van der Waals surface area contributed by atoms with E-state index in [0.29, 0.717) is 36.7 Å². The number of carbonyl (C=O) groups is 2. The third-order valence-corrected chi connectivity index (χ3v) is 4.57. The van der Waals surface area contributed by atoms with Crippen molar-refractivity contribution in [3.63, 3.8) is 0 Å². The highest BCUT2D eigenvalue weighted by molar-refractivity contribution is 6.03. The molecule has 1 aliphatic heterocycles. The SMILES string of the molecule is COCCCNC(=O)c1ccccc1NC(=O)CC1CCN(C)CC1. The van der Waals surface area contributed by atoms with Gasteiger partial charge in [0.25, 0.3) is 5.91 Å². The Kier molecular flexibility index (Phi) is 7.88. The first kappa shape index (κ1) is 19.4. The minimum atomic E-state index is -0.175. The molecule has 1 fully saturated rings. The van der Waals surface area contributed by atoms with Gasteiger partial charge in [0.1, 0.15) is 0 Å². The molecule has 0 bridgehead atoms. The molecule has 6 heteroatoms. The summed E-state index contributed by atoms with van der Waals surface area (Å²) in [6.07, 6.45) is 3.36. The summed E-state index contributed by atoms with van der Waals surface area (Å²) in [5, 5.41) is 5.77. The zero-order chi connectivity index (χ0) is 18.1. The lowest BCUT2D eigenvalue weighted by Gasteiger charge is -2.28. The van der Waals surface area contributed by atoms with Crippen molar-refractivity contribution in [3.8, 4) is 0 Å². The number of carbonyl (C=O) groups excluding carboxylic acids is 2. The van der Waals surface area contributed by atoms with Gasteiger partial charge in [-0.05, 0) is 57.5 Å². The smallest absolute Gasteiger partial charge is 0.253 e. The maximum absolute atomic E-state index is 12.4. The van der Waals surface area contributed by atoms with Gasteiger partial charge in [0.15, 0.2) is 0 Å². The van der Waals surface area contributed by atoms with Crippen LogP contribution in [-0.4, -0.2) is 57.1 Å². The molecule has 2 amide bonds. The van der Waals surface area contributed by atoms with Crippen molar-refractivity contribution < 1.29 is 14.3 Å². The summed E-state index contributed by atoms with van der Waals surface area (Å²) in [4.78, 5) is 27.0.